The molecule has 24 heavy (non-hydrogen) atoms. The summed E-state index contributed by atoms with van der Waals surface area (Å²) in [5, 5.41) is 3.43. The maximum Gasteiger partial charge on any atom is 0.409 e. The Kier molecular flexibility index (Phi) is 5.34. The van der Waals surface area contributed by atoms with Gasteiger partial charge in [0.05, 0.1) is 18.9 Å². The van der Waals surface area contributed by atoms with Crippen LogP contribution in [0.5, 0.6) is 0 Å². The van der Waals surface area contributed by atoms with Crippen molar-refractivity contribution >= 4 is 17.9 Å². The van der Waals surface area contributed by atoms with Crippen LogP contribution in [-0.2, 0) is 9.47 Å². The lowest BCUT2D eigenvalue weighted by molar-refractivity contribution is 0.0983. The summed E-state index contributed by atoms with van der Waals surface area (Å²) in [7, 11) is 0. The number of nitrogens with two attached hydrogens (primary N) is 1. The number of nitrogen functional groups attached to an aromatic ring is 1. The molecule has 3 N–H and O–H groups in total. The Morgan fingerprint density at radius 2 is 2.21 bits per heavy atom. The fraction of sp³-hybridized carbons (Fsp3) is 0.688. The van der Waals surface area contributed by atoms with Gasteiger partial charge in [-0.15, -0.1) is 0 Å². The van der Waals surface area contributed by atoms with E-state index in [-0.39, 0.29) is 18.1 Å². The van der Waals surface area contributed by atoms with Gasteiger partial charge in [-0.25, -0.2) is 9.78 Å². The number of likely N-dealkylation sites (tertiary alicyclic amines) is 1. The van der Waals surface area contributed by atoms with Crippen LogP contribution in [0, 0.1) is 0 Å². The summed E-state index contributed by atoms with van der Waals surface area (Å²) >= 11 is 0. The van der Waals surface area contributed by atoms with Crippen molar-refractivity contribution in [1.82, 2.24) is 14.9 Å². The Labute approximate surface area is 141 Å². The summed E-state index contributed by atoms with van der Waals surface area (Å²) in [6.45, 7) is 5.04. The molecule has 1 aromatic rings. The number of aromatic nitrogens is 2. The molecule has 2 aliphatic heterocycles. The van der Waals surface area contributed by atoms with Crippen LogP contribution in [0.4, 0.5) is 16.6 Å². The predicted octanol–water partition coefficient (Wildman–Crippen LogP) is 1.60. The van der Waals surface area contributed by atoms with Gasteiger partial charge >= 0.3 is 6.09 Å². The molecule has 0 unspecified atom stereocenters. The Morgan fingerprint density at radius 1 is 1.42 bits per heavy atom. The van der Waals surface area contributed by atoms with Crippen LogP contribution in [0.2, 0.25) is 0 Å². The third kappa shape index (κ3) is 4.05. The van der Waals surface area contributed by atoms with E-state index in [0.717, 1.165) is 37.4 Å². The lowest BCUT2D eigenvalue weighted by Crippen LogP contribution is -2.42. The van der Waals surface area contributed by atoms with E-state index in [2.05, 4.69) is 15.3 Å². The van der Waals surface area contributed by atoms with Crippen LogP contribution in [0.25, 0.3) is 0 Å². The van der Waals surface area contributed by atoms with E-state index in [4.69, 9.17) is 15.2 Å². The fourth-order valence-electron chi connectivity index (χ4n) is 3.17. The molecule has 2 saturated heterocycles. The van der Waals surface area contributed by atoms with Crippen molar-refractivity contribution in [3.63, 3.8) is 0 Å². The van der Waals surface area contributed by atoms with Gasteiger partial charge in [-0.3, -0.25) is 0 Å². The molecule has 2 fully saturated rings. The second-order valence-electron chi connectivity index (χ2n) is 6.20. The molecule has 3 heterocycles. The van der Waals surface area contributed by atoms with Crippen molar-refractivity contribution in [1.29, 1.82) is 0 Å². The van der Waals surface area contributed by atoms with Gasteiger partial charge in [0.25, 0.3) is 0 Å². The van der Waals surface area contributed by atoms with Crippen LogP contribution in [-0.4, -0.2) is 59.9 Å². The molecule has 0 saturated carbocycles. The topological polar surface area (TPSA) is 103 Å². The number of hydrogen-bond acceptors (Lipinski definition) is 7. The van der Waals surface area contributed by atoms with Gasteiger partial charge in [-0.05, 0) is 26.2 Å². The van der Waals surface area contributed by atoms with Crippen molar-refractivity contribution < 1.29 is 14.3 Å². The average Bonchev–Trinajstić information content (AvgIpc) is 3.10. The van der Waals surface area contributed by atoms with Gasteiger partial charge < -0.3 is 25.4 Å². The van der Waals surface area contributed by atoms with Crippen molar-refractivity contribution in [2.24, 2.45) is 0 Å². The number of carbonyl (C=O) groups is 1. The second kappa shape index (κ2) is 7.65. The molecule has 132 valence electrons. The predicted molar refractivity (Wildman–Crippen MR) is 89.9 cm³/mol. The number of hydrogen-bond donors (Lipinski definition) is 2. The van der Waals surface area contributed by atoms with E-state index in [1.54, 1.807) is 4.90 Å². The minimum Gasteiger partial charge on any atom is -0.450 e. The number of piperidine rings is 1. The number of ether oxygens (including phenoxy) is 2. The first-order valence-electron chi connectivity index (χ1n) is 8.56. The molecule has 0 aliphatic carbocycles. The maximum atomic E-state index is 11.7. The Morgan fingerprint density at radius 3 is 2.88 bits per heavy atom. The van der Waals surface area contributed by atoms with Gasteiger partial charge in [0.1, 0.15) is 5.82 Å². The molecular formula is C16H25N5O3. The van der Waals surface area contributed by atoms with Gasteiger partial charge in [-0.1, -0.05) is 0 Å². The molecule has 1 amide bonds. The lowest BCUT2D eigenvalue weighted by atomic mass is 10.0. The van der Waals surface area contributed by atoms with E-state index in [1.807, 2.05) is 13.0 Å². The van der Waals surface area contributed by atoms with E-state index in [9.17, 15) is 4.79 Å². The van der Waals surface area contributed by atoms with Gasteiger partial charge in [0.15, 0.2) is 0 Å². The first-order chi connectivity index (χ1) is 11.7. The monoisotopic (exact) mass is 335 g/mol. The summed E-state index contributed by atoms with van der Waals surface area (Å²) in [4.78, 5) is 22.1. The van der Waals surface area contributed by atoms with Crippen LogP contribution in [0.15, 0.2) is 6.07 Å². The Balaban J connectivity index is 1.58. The SMILES string of the molecule is CCOC(=O)N1CCC(Nc2cc([C@@H]3CCOC3)nc(N)n2)CC1. The highest BCUT2D eigenvalue weighted by molar-refractivity contribution is 5.67. The summed E-state index contributed by atoms with van der Waals surface area (Å²) in [6, 6.07) is 2.23. The molecule has 0 radical (unpaired) electrons. The number of nitrogens with one attached hydrogen (secondary N) is 1. The first kappa shape index (κ1) is 16.8. The van der Waals surface area contributed by atoms with E-state index in [1.165, 1.54) is 0 Å². The zero-order valence-corrected chi connectivity index (χ0v) is 14.0. The van der Waals surface area contributed by atoms with Crippen molar-refractivity contribution in [2.45, 2.75) is 38.1 Å². The second-order valence-corrected chi connectivity index (χ2v) is 6.20. The highest BCUT2D eigenvalue weighted by atomic mass is 16.6. The quantitative estimate of drug-likeness (QED) is 0.861. The maximum absolute atomic E-state index is 11.7. The normalized spacial score (nSPS) is 21.7. The highest BCUT2D eigenvalue weighted by Crippen LogP contribution is 2.26. The van der Waals surface area contributed by atoms with Crippen LogP contribution in [0.1, 0.15) is 37.8 Å². The zero-order chi connectivity index (χ0) is 16.9. The minimum absolute atomic E-state index is 0.231. The van der Waals surface area contributed by atoms with E-state index >= 15 is 0 Å². The van der Waals surface area contributed by atoms with Crippen molar-refractivity contribution in [3.8, 4) is 0 Å². The summed E-state index contributed by atoms with van der Waals surface area (Å²) < 4.78 is 10.5. The smallest absolute Gasteiger partial charge is 0.409 e. The van der Waals surface area contributed by atoms with Crippen molar-refractivity contribution in [2.75, 3.05) is 44.0 Å². The first-order valence-corrected chi connectivity index (χ1v) is 8.56. The molecule has 2 aliphatic rings. The summed E-state index contributed by atoms with van der Waals surface area (Å²) in [6.07, 6.45) is 2.44. The third-order valence-corrected chi connectivity index (χ3v) is 4.48. The molecule has 0 aromatic carbocycles. The number of carbonyl (C=O) groups excluding carboxylic acids is 1. The lowest BCUT2D eigenvalue weighted by Gasteiger charge is -2.32. The van der Waals surface area contributed by atoms with Crippen LogP contribution in [0.3, 0.4) is 0 Å². The molecule has 8 nitrogen and oxygen atoms in total. The summed E-state index contributed by atoms with van der Waals surface area (Å²) in [5.74, 6) is 1.33. The van der Waals surface area contributed by atoms with Gasteiger partial charge in [-0.2, -0.15) is 4.98 Å². The summed E-state index contributed by atoms with van der Waals surface area (Å²) in [5.41, 5.74) is 6.79. The molecule has 1 aromatic heterocycles. The number of amides is 1. The number of anilines is 2. The molecule has 8 heteroatoms. The molecule has 1 atom stereocenters. The standard InChI is InChI=1S/C16H25N5O3/c1-2-24-16(22)21-6-3-12(4-7-21)18-14-9-13(19-15(17)20-14)11-5-8-23-10-11/h9,11-12H,2-8,10H2,1H3,(H3,17,18,19,20)/t11-/m1/s1. The molecular weight excluding hydrogens is 310 g/mol. The molecule has 0 spiro atoms. The Hall–Kier alpha value is -2.09. The minimum atomic E-state index is -0.231. The fourth-order valence-corrected chi connectivity index (χ4v) is 3.17. The van der Waals surface area contributed by atoms with Crippen LogP contribution < -0.4 is 11.1 Å². The average molecular weight is 335 g/mol. The van der Waals surface area contributed by atoms with Crippen LogP contribution >= 0.6 is 0 Å². The van der Waals surface area contributed by atoms with Gasteiger partial charge in [0.2, 0.25) is 5.95 Å². The molecule has 0 bridgehead atoms. The zero-order valence-electron chi connectivity index (χ0n) is 14.0. The third-order valence-electron chi connectivity index (χ3n) is 4.48. The number of nitrogens with zero attached hydrogens (tertiary/aromatic N) is 3. The largest absolute Gasteiger partial charge is 0.450 e. The number of rotatable bonds is 4. The Bertz CT molecular complexity index is 569. The molecule has 3 rings (SSSR count). The van der Waals surface area contributed by atoms with E-state index in [0.29, 0.717) is 32.2 Å². The van der Waals surface area contributed by atoms with E-state index < -0.39 is 0 Å². The van der Waals surface area contributed by atoms with Gasteiger partial charge in [0, 0.05) is 37.7 Å². The highest BCUT2D eigenvalue weighted by Gasteiger charge is 2.25. The van der Waals surface area contributed by atoms with Crippen molar-refractivity contribution in [3.05, 3.63) is 11.8 Å².